The molecule has 9 heteroatoms. The van der Waals surface area contributed by atoms with Gasteiger partial charge in [-0.3, -0.25) is 19.6 Å². The highest BCUT2D eigenvalue weighted by molar-refractivity contribution is 6.00. The largest absolute Gasteiger partial charge is 0.500 e. The predicted octanol–water partition coefficient (Wildman–Crippen LogP) is 9.80. The fourth-order valence-electron chi connectivity index (χ4n) is 4.24. The summed E-state index contributed by atoms with van der Waals surface area (Å²) in [5, 5.41) is 0. The van der Waals surface area contributed by atoms with Gasteiger partial charge < -0.3 is 9.47 Å². The molecule has 0 fully saturated rings. The zero-order valence-electron chi connectivity index (χ0n) is 30.0. The van der Waals surface area contributed by atoms with Crippen molar-refractivity contribution in [3.8, 4) is 11.1 Å². The van der Waals surface area contributed by atoms with Crippen molar-refractivity contribution in [3.05, 3.63) is 89.0 Å². The van der Waals surface area contributed by atoms with Crippen LogP contribution in [0.4, 0.5) is 13.2 Å². The first kappa shape index (κ1) is 43.0. The van der Waals surface area contributed by atoms with Crippen molar-refractivity contribution < 1.29 is 32.2 Å². The van der Waals surface area contributed by atoms with E-state index in [0.29, 0.717) is 18.6 Å². The first-order chi connectivity index (χ1) is 21.9. The normalized spacial score (nSPS) is 12.3. The monoisotopic (exact) mass is 658 g/mol. The van der Waals surface area contributed by atoms with Gasteiger partial charge in [-0.05, 0) is 88.8 Å². The number of hydrogen-bond donors (Lipinski definition) is 0. The molecule has 0 radical (unpaired) electrons. The summed E-state index contributed by atoms with van der Waals surface area (Å²) in [6, 6.07) is 10.4. The highest BCUT2D eigenvalue weighted by Crippen LogP contribution is 2.43. The molecule has 0 atom stereocenters. The number of esters is 1. The number of rotatable bonds is 12. The smallest absolute Gasteiger partial charge is 0.400 e. The average molecular weight is 659 g/mol. The number of benzene rings is 1. The highest BCUT2D eigenvalue weighted by Gasteiger charge is 2.51. The van der Waals surface area contributed by atoms with Crippen molar-refractivity contribution in [1.29, 1.82) is 0 Å². The van der Waals surface area contributed by atoms with Crippen LogP contribution in [0.3, 0.4) is 0 Å². The summed E-state index contributed by atoms with van der Waals surface area (Å²) < 4.78 is 47.0. The van der Waals surface area contributed by atoms with Gasteiger partial charge in [0.15, 0.2) is 0 Å². The molecule has 1 aromatic heterocycles. The van der Waals surface area contributed by atoms with E-state index in [-0.39, 0.29) is 17.5 Å². The summed E-state index contributed by atoms with van der Waals surface area (Å²) >= 11 is 0. The number of aromatic nitrogens is 1. The molecule has 0 saturated heterocycles. The number of ether oxygens (including phenoxy) is 2. The molecule has 0 bridgehead atoms. The third-order valence-electron chi connectivity index (χ3n) is 7.07. The molecule has 0 aliphatic carbocycles. The Morgan fingerprint density at radius 3 is 2.00 bits per heavy atom. The fourth-order valence-corrected chi connectivity index (χ4v) is 4.24. The summed E-state index contributed by atoms with van der Waals surface area (Å²) in [6.45, 7) is 19.1. The van der Waals surface area contributed by atoms with Gasteiger partial charge in [0.1, 0.15) is 17.0 Å². The molecule has 260 valence electrons. The van der Waals surface area contributed by atoms with Crippen LogP contribution in [0.1, 0.15) is 85.1 Å². The first-order valence-corrected chi connectivity index (χ1v) is 15.6. The molecule has 0 amide bonds. The topological polar surface area (TPSA) is 77.8 Å². The number of halogens is 3. The van der Waals surface area contributed by atoms with Crippen LogP contribution in [-0.2, 0) is 31.9 Å². The predicted molar refractivity (Wildman–Crippen MR) is 187 cm³/mol. The number of alkyl halides is 3. The van der Waals surface area contributed by atoms with Gasteiger partial charge in [0.25, 0.3) is 0 Å². The lowest BCUT2D eigenvalue weighted by Crippen LogP contribution is -2.34. The lowest BCUT2D eigenvalue weighted by molar-refractivity contribution is -0.208. The van der Waals surface area contributed by atoms with Gasteiger partial charge in [0, 0.05) is 50.0 Å². The third-order valence-corrected chi connectivity index (χ3v) is 7.07. The molecule has 2 rings (SSSR count). The Labute approximate surface area is 279 Å². The van der Waals surface area contributed by atoms with Crippen molar-refractivity contribution in [2.24, 2.45) is 10.4 Å². The van der Waals surface area contributed by atoms with Crippen molar-refractivity contribution in [2.45, 2.75) is 94.2 Å². The Hall–Kier alpha value is -4.01. The number of carbonyl (C=O) groups is 2. The Kier molecular flexibility index (Phi) is 19.2. The summed E-state index contributed by atoms with van der Waals surface area (Å²) in [5.41, 5.74) is 6.41. The molecule has 47 heavy (non-hydrogen) atoms. The molecule has 2 aromatic rings. The van der Waals surface area contributed by atoms with Gasteiger partial charge in [-0.15, -0.1) is 0 Å². The minimum absolute atomic E-state index is 0.127. The van der Waals surface area contributed by atoms with Crippen LogP contribution < -0.4 is 0 Å². The molecule has 1 heterocycles. The van der Waals surface area contributed by atoms with Crippen LogP contribution in [0.5, 0.6) is 0 Å². The Balaban J connectivity index is 0.000000842. The van der Waals surface area contributed by atoms with E-state index in [4.69, 9.17) is 4.74 Å². The second-order valence-corrected chi connectivity index (χ2v) is 11.6. The molecule has 1 aromatic carbocycles. The van der Waals surface area contributed by atoms with E-state index in [1.807, 2.05) is 26.2 Å². The molecule has 0 aliphatic rings. The van der Waals surface area contributed by atoms with Crippen LogP contribution in [0.2, 0.25) is 0 Å². The number of ketones is 1. The molecule has 0 saturated carbocycles. The summed E-state index contributed by atoms with van der Waals surface area (Å²) in [7, 11) is 3.07. The van der Waals surface area contributed by atoms with Crippen LogP contribution in [0, 0.1) is 12.3 Å². The first-order valence-electron chi connectivity index (χ1n) is 15.6. The van der Waals surface area contributed by atoms with E-state index in [2.05, 4.69) is 72.4 Å². The fraction of sp³-hybridized carbons (Fsp3) is 0.474. The van der Waals surface area contributed by atoms with Gasteiger partial charge in [0.05, 0.1) is 13.7 Å². The zero-order valence-corrected chi connectivity index (χ0v) is 30.0. The number of aryl methyl sites for hydroxylation is 1. The van der Waals surface area contributed by atoms with Crippen LogP contribution >= 0.6 is 0 Å². The van der Waals surface area contributed by atoms with E-state index in [1.54, 1.807) is 13.8 Å². The minimum Gasteiger partial charge on any atom is -0.500 e. The van der Waals surface area contributed by atoms with Gasteiger partial charge >= 0.3 is 12.1 Å². The zero-order chi connectivity index (χ0) is 36.4. The summed E-state index contributed by atoms with van der Waals surface area (Å²) in [6.07, 6.45) is 4.15. The Morgan fingerprint density at radius 2 is 1.64 bits per heavy atom. The highest BCUT2D eigenvalue weighted by atomic mass is 19.4. The number of allylic oxidation sites excluding steroid dienone is 5. The molecule has 0 unspecified atom stereocenters. The number of hydrogen-bond acceptors (Lipinski definition) is 6. The Morgan fingerprint density at radius 1 is 1.02 bits per heavy atom. The second kappa shape index (κ2) is 21.0. The lowest BCUT2D eigenvalue weighted by atomic mass is 9.89. The van der Waals surface area contributed by atoms with Gasteiger partial charge in [-0.25, -0.2) is 0 Å². The number of carbonyl (C=O) groups excluding carboxylic acids is 2. The maximum atomic E-state index is 12.6. The maximum Gasteiger partial charge on any atom is 0.400 e. The molecular weight excluding hydrogens is 605 g/mol. The molecule has 0 aliphatic heterocycles. The van der Waals surface area contributed by atoms with E-state index < -0.39 is 11.6 Å². The molecular formula is C38H53F3N2O4. The summed E-state index contributed by atoms with van der Waals surface area (Å²) in [5.74, 6) is -0.131. The molecule has 6 nitrogen and oxygen atoms in total. The van der Waals surface area contributed by atoms with Crippen molar-refractivity contribution in [1.82, 2.24) is 4.98 Å². The number of methoxy groups -OCH3 is 1. The van der Waals surface area contributed by atoms with Crippen LogP contribution in [-0.4, -0.2) is 49.4 Å². The van der Waals surface area contributed by atoms with Crippen LogP contribution in [0.15, 0.2) is 77.2 Å². The number of aliphatic imine (C=N–C) groups is 1. The SMILES string of the molecule is C/C=C(/Cc1ccc(-c2ccc(CC(C)=O)c(C)c2)cn1)C(CC)=NC.C=C(C)/C=C(\OC)C(C)(C)C(F)(F)F.CCCOC(C)=O. The van der Waals surface area contributed by atoms with E-state index in [9.17, 15) is 22.8 Å². The molecule has 0 N–H and O–H groups in total. The number of nitrogens with zero attached hydrogens (tertiary/aromatic N) is 2. The van der Waals surface area contributed by atoms with Crippen molar-refractivity contribution >= 4 is 17.5 Å². The van der Waals surface area contributed by atoms with E-state index in [0.717, 1.165) is 66.8 Å². The lowest BCUT2D eigenvalue weighted by Gasteiger charge is -2.29. The van der Waals surface area contributed by atoms with Crippen molar-refractivity contribution in [2.75, 3.05) is 20.8 Å². The van der Waals surface area contributed by atoms with Gasteiger partial charge in [-0.2, -0.15) is 13.2 Å². The quantitative estimate of drug-likeness (QED) is 0.0982. The third kappa shape index (κ3) is 15.4. The minimum atomic E-state index is -4.33. The van der Waals surface area contributed by atoms with Gasteiger partial charge in [0.2, 0.25) is 0 Å². The standard InChI is InChI=1S/C23H28N2O.C10H15F3O.C5H10O2/c1-6-18(23(7-2)24-5)14-22-11-10-21(15-25-22)20-9-8-19(13-17(4)26)16(3)12-20;1-7(2)6-8(14-5)9(3,4)10(11,12)13;1-3-4-7-5(2)6/h6,8-12,15H,7,13-14H2,1-5H3;6H,1H2,2-5H3;3-4H2,1-2H3/b18-6-,24-23?;8-6-;. The van der Waals surface area contributed by atoms with E-state index >= 15 is 0 Å². The summed E-state index contributed by atoms with van der Waals surface area (Å²) in [4.78, 5) is 30.3. The van der Waals surface area contributed by atoms with Gasteiger partial charge in [-0.1, -0.05) is 56.3 Å². The van der Waals surface area contributed by atoms with Crippen molar-refractivity contribution in [3.63, 3.8) is 0 Å². The molecule has 0 spiro atoms. The number of pyridine rings is 1. The average Bonchev–Trinajstić information content (AvgIpc) is 2.99. The maximum absolute atomic E-state index is 12.6. The Bertz CT molecular complexity index is 1400. The van der Waals surface area contributed by atoms with E-state index in [1.165, 1.54) is 25.7 Å². The number of Topliss-reactive ketones (excluding diaryl/α,β-unsaturated/α-hetero) is 1. The van der Waals surface area contributed by atoms with Crippen LogP contribution in [0.25, 0.3) is 11.1 Å². The second-order valence-electron chi connectivity index (χ2n) is 11.6.